The molecule has 110 valence electrons. The molecule has 3 rings (SSSR count). The predicted octanol–water partition coefficient (Wildman–Crippen LogP) is 0.827. The zero-order chi connectivity index (χ0) is 14.3. The lowest BCUT2D eigenvalue weighted by molar-refractivity contribution is -0.225. The second-order valence-corrected chi connectivity index (χ2v) is 5.82. The predicted molar refractivity (Wildman–Crippen MR) is 70.9 cm³/mol. The van der Waals surface area contributed by atoms with Crippen LogP contribution in [-0.2, 0) is 20.6 Å². The standard InChI is InChI=1S/C15H20O5/c1-15(2)19-13-11(17)12(18-14(13)20-15)10(16)8-9-6-4-3-5-7-9/h3-7,10-14,16-17H,8H2,1-2H3/t10?,11-,12+,13+,14+/m0/s1. The molecule has 0 aliphatic carbocycles. The highest BCUT2D eigenvalue weighted by Gasteiger charge is 2.55. The molecule has 5 heteroatoms. The van der Waals surface area contributed by atoms with E-state index in [-0.39, 0.29) is 0 Å². The van der Waals surface area contributed by atoms with Crippen LogP contribution in [0.1, 0.15) is 19.4 Å². The molecule has 2 aliphatic heterocycles. The molecule has 0 spiro atoms. The minimum absolute atomic E-state index is 0.422. The van der Waals surface area contributed by atoms with Crippen molar-refractivity contribution in [2.45, 2.75) is 56.8 Å². The summed E-state index contributed by atoms with van der Waals surface area (Å²) < 4.78 is 16.8. The van der Waals surface area contributed by atoms with E-state index in [1.807, 2.05) is 30.3 Å². The second-order valence-electron chi connectivity index (χ2n) is 5.82. The van der Waals surface area contributed by atoms with Crippen molar-refractivity contribution in [3.8, 4) is 0 Å². The fourth-order valence-electron chi connectivity index (χ4n) is 2.81. The minimum Gasteiger partial charge on any atom is -0.390 e. The van der Waals surface area contributed by atoms with Gasteiger partial charge in [-0.2, -0.15) is 0 Å². The van der Waals surface area contributed by atoms with Crippen LogP contribution >= 0.6 is 0 Å². The minimum atomic E-state index is -0.888. The topological polar surface area (TPSA) is 68.2 Å². The SMILES string of the molecule is CC1(C)O[C@H]2O[C@H](C(O)Cc3ccccc3)[C@H](O)[C@H]2O1. The summed E-state index contributed by atoms with van der Waals surface area (Å²) in [5.41, 5.74) is 0.995. The third-order valence-electron chi connectivity index (χ3n) is 3.72. The molecule has 0 saturated carbocycles. The van der Waals surface area contributed by atoms with Crippen LogP contribution < -0.4 is 0 Å². The first-order chi connectivity index (χ1) is 9.46. The molecule has 1 unspecified atom stereocenters. The zero-order valence-corrected chi connectivity index (χ0v) is 11.6. The Kier molecular flexibility index (Phi) is 3.56. The molecule has 2 N–H and O–H groups in total. The Balaban J connectivity index is 1.65. The van der Waals surface area contributed by atoms with Gasteiger partial charge < -0.3 is 24.4 Å². The number of fused-ring (bicyclic) bond motifs is 1. The number of aliphatic hydroxyl groups is 2. The van der Waals surface area contributed by atoms with E-state index < -0.39 is 36.5 Å². The van der Waals surface area contributed by atoms with Crippen molar-refractivity contribution in [1.82, 2.24) is 0 Å². The number of benzene rings is 1. The second kappa shape index (κ2) is 5.09. The van der Waals surface area contributed by atoms with Crippen molar-refractivity contribution < 1.29 is 24.4 Å². The van der Waals surface area contributed by atoms with Gasteiger partial charge >= 0.3 is 0 Å². The van der Waals surface area contributed by atoms with Crippen LogP contribution in [0.25, 0.3) is 0 Å². The molecule has 0 amide bonds. The lowest BCUT2D eigenvalue weighted by Gasteiger charge is -2.25. The molecule has 1 aromatic carbocycles. The van der Waals surface area contributed by atoms with Gasteiger partial charge in [0.05, 0.1) is 6.10 Å². The van der Waals surface area contributed by atoms with Gasteiger partial charge in [-0.1, -0.05) is 30.3 Å². The van der Waals surface area contributed by atoms with Crippen molar-refractivity contribution >= 4 is 0 Å². The Morgan fingerprint density at radius 1 is 1.20 bits per heavy atom. The van der Waals surface area contributed by atoms with Gasteiger partial charge in [0.25, 0.3) is 0 Å². The number of rotatable bonds is 3. The Morgan fingerprint density at radius 3 is 2.55 bits per heavy atom. The normalized spacial score (nSPS) is 36.8. The van der Waals surface area contributed by atoms with Gasteiger partial charge in [-0.05, 0) is 19.4 Å². The molecule has 5 atom stereocenters. The summed E-state index contributed by atoms with van der Waals surface area (Å²) in [7, 11) is 0. The van der Waals surface area contributed by atoms with Gasteiger partial charge in [-0.3, -0.25) is 0 Å². The molecule has 0 bridgehead atoms. The summed E-state index contributed by atoms with van der Waals surface area (Å²) in [6.45, 7) is 3.55. The van der Waals surface area contributed by atoms with Crippen LogP contribution in [0, 0.1) is 0 Å². The van der Waals surface area contributed by atoms with Crippen LogP contribution in [-0.4, -0.2) is 46.7 Å². The highest BCUT2D eigenvalue weighted by atomic mass is 16.8. The van der Waals surface area contributed by atoms with Gasteiger partial charge in [0.15, 0.2) is 12.1 Å². The number of hydrogen-bond donors (Lipinski definition) is 2. The molecule has 0 radical (unpaired) electrons. The average molecular weight is 280 g/mol. The van der Waals surface area contributed by atoms with Gasteiger partial charge in [0.1, 0.15) is 18.3 Å². The van der Waals surface area contributed by atoms with Gasteiger partial charge in [0, 0.05) is 6.42 Å². The van der Waals surface area contributed by atoms with Crippen molar-refractivity contribution in [2.75, 3.05) is 0 Å². The number of ether oxygens (including phenoxy) is 3. The Morgan fingerprint density at radius 2 is 1.90 bits per heavy atom. The van der Waals surface area contributed by atoms with Crippen LogP contribution in [0.2, 0.25) is 0 Å². The Bertz CT molecular complexity index is 461. The van der Waals surface area contributed by atoms with Gasteiger partial charge in [-0.15, -0.1) is 0 Å². The van der Waals surface area contributed by atoms with Crippen molar-refractivity contribution in [3.05, 3.63) is 35.9 Å². The van der Waals surface area contributed by atoms with E-state index >= 15 is 0 Å². The van der Waals surface area contributed by atoms with Crippen LogP contribution in [0.5, 0.6) is 0 Å². The van der Waals surface area contributed by atoms with E-state index in [1.165, 1.54) is 0 Å². The quantitative estimate of drug-likeness (QED) is 0.858. The van der Waals surface area contributed by atoms with Crippen LogP contribution in [0.4, 0.5) is 0 Å². The summed E-state index contributed by atoms with van der Waals surface area (Å²) in [4.78, 5) is 0. The van der Waals surface area contributed by atoms with Crippen molar-refractivity contribution in [3.63, 3.8) is 0 Å². The van der Waals surface area contributed by atoms with Crippen molar-refractivity contribution in [1.29, 1.82) is 0 Å². The van der Waals surface area contributed by atoms with E-state index in [4.69, 9.17) is 14.2 Å². The highest BCUT2D eigenvalue weighted by molar-refractivity contribution is 5.16. The van der Waals surface area contributed by atoms with E-state index in [0.717, 1.165) is 5.56 Å². The van der Waals surface area contributed by atoms with Gasteiger partial charge in [0.2, 0.25) is 0 Å². The monoisotopic (exact) mass is 280 g/mol. The highest BCUT2D eigenvalue weighted by Crippen LogP contribution is 2.38. The Labute approximate surface area is 118 Å². The maximum absolute atomic E-state index is 10.3. The first-order valence-corrected chi connectivity index (χ1v) is 6.87. The maximum atomic E-state index is 10.3. The summed E-state index contributed by atoms with van der Waals surface area (Å²) in [5.74, 6) is -0.758. The van der Waals surface area contributed by atoms with Gasteiger partial charge in [-0.25, -0.2) is 0 Å². The van der Waals surface area contributed by atoms with E-state index in [1.54, 1.807) is 13.8 Å². The lowest BCUT2D eigenvalue weighted by atomic mass is 9.99. The molecule has 2 aliphatic rings. The number of aliphatic hydroxyl groups excluding tert-OH is 2. The van der Waals surface area contributed by atoms with E-state index in [2.05, 4.69) is 0 Å². The third-order valence-corrected chi connectivity index (χ3v) is 3.72. The molecule has 1 aromatic rings. The first kappa shape index (κ1) is 14.0. The molecular formula is C15H20O5. The molecule has 2 heterocycles. The van der Waals surface area contributed by atoms with Crippen molar-refractivity contribution in [2.24, 2.45) is 0 Å². The molecule has 20 heavy (non-hydrogen) atoms. The largest absolute Gasteiger partial charge is 0.390 e. The maximum Gasteiger partial charge on any atom is 0.190 e. The molecule has 2 saturated heterocycles. The van der Waals surface area contributed by atoms with Crippen LogP contribution in [0.3, 0.4) is 0 Å². The van der Waals surface area contributed by atoms with Crippen LogP contribution in [0.15, 0.2) is 30.3 Å². The molecular weight excluding hydrogens is 260 g/mol. The molecule has 0 aromatic heterocycles. The zero-order valence-electron chi connectivity index (χ0n) is 11.6. The average Bonchev–Trinajstić information content (AvgIpc) is 2.85. The molecule has 5 nitrogen and oxygen atoms in total. The first-order valence-electron chi connectivity index (χ1n) is 6.87. The summed E-state index contributed by atoms with van der Waals surface area (Å²) >= 11 is 0. The third kappa shape index (κ3) is 2.60. The van der Waals surface area contributed by atoms with E-state index in [0.29, 0.717) is 6.42 Å². The van der Waals surface area contributed by atoms with E-state index in [9.17, 15) is 10.2 Å². The lowest BCUT2D eigenvalue weighted by Crippen LogP contribution is -2.41. The molecule has 2 fully saturated rings. The fourth-order valence-corrected chi connectivity index (χ4v) is 2.81. The Hall–Kier alpha value is -0.980. The smallest absolute Gasteiger partial charge is 0.190 e. The summed E-state index contributed by atoms with van der Waals surface area (Å²) in [6, 6.07) is 9.61. The summed E-state index contributed by atoms with van der Waals surface area (Å²) in [6.07, 6.45) is -3.11. The number of hydrogen-bond acceptors (Lipinski definition) is 5. The summed E-state index contributed by atoms with van der Waals surface area (Å²) in [5, 5.41) is 20.5. The fraction of sp³-hybridized carbons (Fsp3) is 0.600.